The van der Waals surface area contributed by atoms with E-state index in [1.54, 1.807) is 30.5 Å². The first kappa shape index (κ1) is 15.8. The molecule has 0 aliphatic rings. The van der Waals surface area contributed by atoms with Crippen molar-refractivity contribution < 1.29 is 8.42 Å². The SMILES string of the molecule is Nc1ccc(S(=O)(=O)Nc2cccnc2Nc2ccccc2)cc1. The maximum atomic E-state index is 12.5. The number of para-hydroxylation sites is 1. The highest BCUT2D eigenvalue weighted by Crippen LogP contribution is 2.25. The maximum absolute atomic E-state index is 12.5. The molecule has 0 unspecified atom stereocenters. The Morgan fingerprint density at radius 2 is 1.58 bits per heavy atom. The van der Waals surface area contributed by atoms with Crippen molar-refractivity contribution in [2.75, 3.05) is 15.8 Å². The molecule has 4 N–H and O–H groups in total. The first-order chi connectivity index (χ1) is 11.5. The van der Waals surface area contributed by atoms with E-state index < -0.39 is 10.0 Å². The molecule has 122 valence electrons. The van der Waals surface area contributed by atoms with Crippen LogP contribution in [-0.4, -0.2) is 13.4 Å². The molecule has 7 heteroatoms. The Morgan fingerprint density at radius 3 is 2.29 bits per heavy atom. The summed E-state index contributed by atoms with van der Waals surface area (Å²) in [7, 11) is -3.73. The van der Waals surface area contributed by atoms with Crippen LogP contribution in [0.15, 0.2) is 77.8 Å². The summed E-state index contributed by atoms with van der Waals surface area (Å²) in [4.78, 5) is 4.34. The minimum absolute atomic E-state index is 0.131. The fourth-order valence-corrected chi connectivity index (χ4v) is 3.16. The van der Waals surface area contributed by atoms with E-state index in [0.717, 1.165) is 5.69 Å². The Morgan fingerprint density at radius 1 is 0.875 bits per heavy atom. The van der Waals surface area contributed by atoms with Gasteiger partial charge in [0.2, 0.25) is 0 Å². The molecule has 0 amide bonds. The summed E-state index contributed by atoms with van der Waals surface area (Å²) in [6.07, 6.45) is 1.59. The predicted octanol–water partition coefficient (Wildman–Crippen LogP) is 3.21. The van der Waals surface area contributed by atoms with Gasteiger partial charge in [-0.05, 0) is 48.5 Å². The van der Waals surface area contributed by atoms with Crippen molar-refractivity contribution in [3.63, 3.8) is 0 Å². The highest BCUT2D eigenvalue weighted by Gasteiger charge is 2.16. The zero-order chi connectivity index (χ0) is 17.0. The van der Waals surface area contributed by atoms with Gasteiger partial charge in [-0.2, -0.15) is 0 Å². The molecule has 3 aromatic rings. The van der Waals surface area contributed by atoms with Crippen LogP contribution in [0.5, 0.6) is 0 Å². The summed E-state index contributed by atoms with van der Waals surface area (Å²) in [6, 6.07) is 18.7. The number of nitrogen functional groups attached to an aromatic ring is 1. The first-order valence-electron chi connectivity index (χ1n) is 7.20. The molecular formula is C17H16N4O2S. The Balaban J connectivity index is 1.89. The Kier molecular flexibility index (Phi) is 4.35. The van der Waals surface area contributed by atoms with Crippen LogP contribution >= 0.6 is 0 Å². The number of nitrogens with zero attached hydrogens (tertiary/aromatic N) is 1. The molecule has 6 nitrogen and oxygen atoms in total. The minimum atomic E-state index is -3.73. The number of hydrogen-bond acceptors (Lipinski definition) is 5. The Bertz CT molecular complexity index is 926. The van der Waals surface area contributed by atoms with E-state index in [2.05, 4.69) is 15.0 Å². The Hall–Kier alpha value is -3.06. The fourth-order valence-electron chi connectivity index (χ4n) is 2.10. The van der Waals surface area contributed by atoms with Crippen LogP contribution in [0.1, 0.15) is 0 Å². The summed E-state index contributed by atoms with van der Waals surface area (Å²) in [5, 5.41) is 3.10. The lowest BCUT2D eigenvalue weighted by Gasteiger charge is -2.13. The van der Waals surface area contributed by atoms with Crippen molar-refractivity contribution in [3.05, 3.63) is 72.9 Å². The fraction of sp³-hybridized carbons (Fsp3) is 0. The number of anilines is 4. The summed E-state index contributed by atoms with van der Waals surface area (Å²) in [5.41, 5.74) is 7.27. The topological polar surface area (TPSA) is 97.1 Å². The number of hydrogen-bond donors (Lipinski definition) is 3. The van der Waals surface area contributed by atoms with Crippen molar-refractivity contribution in [2.45, 2.75) is 4.90 Å². The summed E-state index contributed by atoms with van der Waals surface area (Å²) in [6.45, 7) is 0. The van der Waals surface area contributed by atoms with E-state index in [4.69, 9.17) is 5.73 Å². The second kappa shape index (κ2) is 6.59. The van der Waals surface area contributed by atoms with E-state index in [9.17, 15) is 8.42 Å². The summed E-state index contributed by atoms with van der Waals surface area (Å²) < 4.78 is 27.6. The van der Waals surface area contributed by atoms with Gasteiger partial charge in [0, 0.05) is 17.6 Å². The van der Waals surface area contributed by atoms with Crippen molar-refractivity contribution in [1.29, 1.82) is 0 Å². The molecule has 0 atom stereocenters. The zero-order valence-electron chi connectivity index (χ0n) is 12.7. The van der Waals surface area contributed by atoms with Crippen LogP contribution in [0.3, 0.4) is 0 Å². The average Bonchev–Trinajstić information content (AvgIpc) is 2.58. The lowest BCUT2D eigenvalue weighted by Crippen LogP contribution is -2.14. The molecule has 3 rings (SSSR count). The normalized spacial score (nSPS) is 11.0. The monoisotopic (exact) mass is 340 g/mol. The highest BCUT2D eigenvalue weighted by atomic mass is 32.2. The van der Waals surface area contributed by atoms with Crippen molar-refractivity contribution in [2.24, 2.45) is 0 Å². The lowest BCUT2D eigenvalue weighted by atomic mass is 10.3. The van der Waals surface area contributed by atoms with E-state index in [-0.39, 0.29) is 4.90 Å². The van der Waals surface area contributed by atoms with E-state index in [1.165, 1.54) is 12.1 Å². The molecule has 24 heavy (non-hydrogen) atoms. The number of aromatic nitrogens is 1. The van der Waals surface area contributed by atoms with Gasteiger partial charge < -0.3 is 11.1 Å². The molecular weight excluding hydrogens is 324 g/mol. The van der Waals surface area contributed by atoms with Gasteiger partial charge in [0.05, 0.1) is 10.6 Å². The standard InChI is InChI=1S/C17H16N4O2S/c18-13-8-10-15(11-9-13)24(22,23)21-16-7-4-12-19-17(16)20-14-5-2-1-3-6-14/h1-12,21H,18H2,(H,19,20). The molecule has 0 saturated carbocycles. The molecule has 0 aliphatic heterocycles. The summed E-state index contributed by atoms with van der Waals surface area (Å²) in [5.74, 6) is 0.419. The van der Waals surface area contributed by atoms with Gasteiger partial charge in [-0.25, -0.2) is 13.4 Å². The minimum Gasteiger partial charge on any atom is -0.399 e. The van der Waals surface area contributed by atoms with Gasteiger partial charge in [0.15, 0.2) is 5.82 Å². The zero-order valence-corrected chi connectivity index (χ0v) is 13.5. The van der Waals surface area contributed by atoms with E-state index in [0.29, 0.717) is 17.2 Å². The molecule has 0 saturated heterocycles. The molecule has 1 aromatic heterocycles. The molecule has 0 fully saturated rings. The molecule has 1 heterocycles. The number of benzene rings is 2. The average molecular weight is 340 g/mol. The van der Waals surface area contributed by atoms with Crippen LogP contribution in [0.25, 0.3) is 0 Å². The van der Waals surface area contributed by atoms with Gasteiger partial charge in [-0.15, -0.1) is 0 Å². The largest absolute Gasteiger partial charge is 0.399 e. The number of sulfonamides is 1. The van der Waals surface area contributed by atoms with Crippen LogP contribution < -0.4 is 15.8 Å². The van der Waals surface area contributed by atoms with Crippen molar-refractivity contribution in [1.82, 2.24) is 4.98 Å². The van der Waals surface area contributed by atoms with Gasteiger partial charge in [-0.1, -0.05) is 18.2 Å². The van der Waals surface area contributed by atoms with Crippen LogP contribution in [0.2, 0.25) is 0 Å². The van der Waals surface area contributed by atoms with Crippen molar-refractivity contribution in [3.8, 4) is 0 Å². The van der Waals surface area contributed by atoms with Crippen LogP contribution in [0.4, 0.5) is 22.9 Å². The van der Waals surface area contributed by atoms with E-state index in [1.807, 2.05) is 30.3 Å². The second-order valence-corrected chi connectivity index (χ2v) is 6.75. The van der Waals surface area contributed by atoms with Gasteiger partial charge in [0.1, 0.15) is 0 Å². The van der Waals surface area contributed by atoms with Gasteiger partial charge in [0.25, 0.3) is 10.0 Å². The van der Waals surface area contributed by atoms with Crippen LogP contribution in [0, 0.1) is 0 Å². The molecule has 2 aromatic carbocycles. The Labute approximate surface area is 140 Å². The summed E-state index contributed by atoms with van der Waals surface area (Å²) >= 11 is 0. The number of nitrogens with two attached hydrogens (primary N) is 1. The third-order valence-electron chi connectivity index (χ3n) is 3.28. The third-order valence-corrected chi connectivity index (χ3v) is 4.66. The molecule has 0 radical (unpaired) electrons. The molecule has 0 aliphatic carbocycles. The van der Waals surface area contributed by atoms with Gasteiger partial charge in [-0.3, -0.25) is 4.72 Å². The van der Waals surface area contributed by atoms with Crippen LogP contribution in [-0.2, 0) is 10.0 Å². The van der Waals surface area contributed by atoms with E-state index >= 15 is 0 Å². The third kappa shape index (κ3) is 3.64. The second-order valence-electron chi connectivity index (χ2n) is 5.07. The smallest absolute Gasteiger partial charge is 0.262 e. The number of pyridine rings is 1. The number of rotatable bonds is 5. The highest BCUT2D eigenvalue weighted by molar-refractivity contribution is 7.92. The maximum Gasteiger partial charge on any atom is 0.262 e. The molecule has 0 bridgehead atoms. The first-order valence-corrected chi connectivity index (χ1v) is 8.68. The van der Waals surface area contributed by atoms with Crippen molar-refractivity contribution >= 4 is 32.9 Å². The predicted molar refractivity (Wildman–Crippen MR) is 95.6 cm³/mol. The lowest BCUT2D eigenvalue weighted by molar-refractivity contribution is 0.601. The van der Waals surface area contributed by atoms with Gasteiger partial charge >= 0.3 is 0 Å². The molecule has 0 spiro atoms. The number of nitrogens with one attached hydrogen (secondary N) is 2. The quantitative estimate of drug-likeness (QED) is 0.620.